The Morgan fingerprint density at radius 3 is 2.19 bits per heavy atom. The molecule has 4 nitrogen and oxygen atoms in total. The van der Waals surface area contributed by atoms with E-state index in [1.54, 1.807) is 18.3 Å². The zero-order valence-corrected chi connectivity index (χ0v) is 18.5. The Hall–Kier alpha value is -0.460. The minimum atomic E-state index is 0.124. The largest absolute Gasteiger partial charge is 0.490 e. The predicted octanol–water partition coefficient (Wildman–Crippen LogP) is 7.20. The summed E-state index contributed by atoms with van der Waals surface area (Å²) in [6.45, 7) is 0.913. The summed E-state index contributed by atoms with van der Waals surface area (Å²) in [5, 5.41) is 0.713. The average molecular weight is 496 g/mol. The summed E-state index contributed by atoms with van der Waals surface area (Å²) in [6.07, 6.45) is 8.12. The first-order chi connectivity index (χ1) is 12.9. The van der Waals surface area contributed by atoms with Gasteiger partial charge in [-0.2, -0.15) is 0 Å². The normalized spacial score (nSPS) is 10.6. The van der Waals surface area contributed by atoms with Gasteiger partial charge in [0.1, 0.15) is 21.3 Å². The second-order valence-corrected chi connectivity index (χ2v) is 7.67. The molecule has 0 radical (unpaired) electrons. The zero-order valence-electron chi connectivity index (χ0n) is 14.0. The number of hydrogen-bond acceptors (Lipinski definition) is 4. The first-order valence-electron chi connectivity index (χ1n) is 7.69. The van der Waals surface area contributed by atoms with Gasteiger partial charge in [0.2, 0.25) is 0 Å². The molecule has 0 atom stereocenters. The Balaban J connectivity index is 2.32. The van der Waals surface area contributed by atoms with Crippen LogP contribution in [0.25, 0.3) is 0 Å². The number of benzene rings is 1. The van der Waals surface area contributed by atoms with Crippen LogP contribution in [0.15, 0.2) is 45.5 Å². The molecule has 1 N–H and O–H groups in total. The van der Waals surface area contributed by atoms with Gasteiger partial charge in [0.25, 0.3) is 0 Å². The average Bonchev–Trinajstić information content (AvgIpc) is 2.58. The molecule has 0 aromatic heterocycles. The monoisotopic (exact) mass is 493 g/mol. The van der Waals surface area contributed by atoms with E-state index in [1.807, 2.05) is 6.08 Å². The van der Waals surface area contributed by atoms with Crippen molar-refractivity contribution in [2.75, 3.05) is 19.8 Å². The Morgan fingerprint density at radius 1 is 0.926 bits per heavy atom. The third-order valence-electron chi connectivity index (χ3n) is 2.81. The lowest BCUT2D eigenvalue weighted by molar-refractivity contribution is 0.0952. The molecule has 10 heteroatoms. The molecular formula is C17H17Cl6NO3. The maximum absolute atomic E-state index is 6.19. The van der Waals surface area contributed by atoms with E-state index in [4.69, 9.17) is 83.9 Å². The number of allylic oxidation sites excluding steroid dienone is 1. The van der Waals surface area contributed by atoms with E-state index in [9.17, 15) is 0 Å². The van der Waals surface area contributed by atoms with Gasteiger partial charge in [-0.05, 0) is 25.0 Å². The fourth-order valence-corrected chi connectivity index (χ4v) is 2.49. The van der Waals surface area contributed by atoms with Crippen molar-refractivity contribution in [3.05, 3.63) is 55.6 Å². The molecule has 0 saturated heterocycles. The number of nitrogens with one attached hydrogen (secondary N) is 1. The lowest BCUT2D eigenvalue weighted by Crippen LogP contribution is -2.06. The number of unbranched alkanes of at least 4 members (excludes halogenated alkanes) is 1. The number of hydrogen-bond donors (Lipinski definition) is 1. The third kappa shape index (κ3) is 11.9. The second-order valence-electron chi connectivity index (χ2n) is 4.84. The summed E-state index contributed by atoms with van der Waals surface area (Å²) >= 11 is 34.3. The highest BCUT2D eigenvalue weighted by Gasteiger charge is 2.10. The molecular weight excluding hydrogens is 479 g/mol. The van der Waals surface area contributed by atoms with E-state index in [0.717, 1.165) is 12.8 Å². The Morgan fingerprint density at radius 2 is 1.56 bits per heavy atom. The molecule has 0 bridgehead atoms. The van der Waals surface area contributed by atoms with Crippen LogP contribution in [0.2, 0.25) is 10.0 Å². The van der Waals surface area contributed by atoms with Crippen molar-refractivity contribution in [2.24, 2.45) is 0 Å². The van der Waals surface area contributed by atoms with Crippen molar-refractivity contribution < 1.29 is 14.3 Å². The quantitative estimate of drug-likeness (QED) is 0.246. The van der Waals surface area contributed by atoms with Crippen molar-refractivity contribution >= 4 is 69.6 Å². The number of hydroxylamine groups is 1. The smallest absolute Gasteiger partial charge is 0.156 e. The van der Waals surface area contributed by atoms with Crippen LogP contribution < -0.4 is 15.0 Å². The van der Waals surface area contributed by atoms with E-state index in [0.29, 0.717) is 28.2 Å². The van der Waals surface area contributed by atoms with Gasteiger partial charge in [-0.25, -0.2) is 0 Å². The Labute approximate surface area is 188 Å². The number of ether oxygens (including phenoxy) is 2. The summed E-state index contributed by atoms with van der Waals surface area (Å²) in [5.41, 5.74) is 2.64. The lowest BCUT2D eigenvalue weighted by atomic mass is 10.3. The van der Waals surface area contributed by atoms with Gasteiger partial charge in [0.05, 0.1) is 23.3 Å². The zero-order chi connectivity index (χ0) is 20.1. The van der Waals surface area contributed by atoms with Gasteiger partial charge in [-0.1, -0.05) is 75.7 Å². The summed E-state index contributed by atoms with van der Waals surface area (Å²) in [4.78, 5) is 5.03. The first kappa shape index (κ1) is 24.6. The minimum absolute atomic E-state index is 0.124. The van der Waals surface area contributed by atoms with Crippen molar-refractivity contribution in [1.29, 1.82) is 0 Å². The fraction of sp³-hybridized carbons (Fsp3) is 0.294. The summed E-state index contributed by atoms with van der Waals surface area (Å²) < 4.78 is 11.4. The predicted molar refractivity (Wildman–Crippen MR) is 114 cm³/mol. The van der Waals surface area contributed by atoms with E-state index < -0.39 is 0 Å². The van der Waals surface area contributed by atoms with Crippen LogP contribution in [0.3, 0.4) is 0 Å². The van der Waals surface area contributed by atoms with Crippen LogP contribution in [-0.4, -0.2) is 19.8 Å². The van der Waals surface area contributed by atoms with E-state index >= 15 is 0 Å². The molecule has 0 heterocycles. The topological polar surface area (TPSA) is 39.7 Å². The van der Waals surface area contributed by atoms with Gasteiger partial charge in [-0.15, -0.1) is 0 Å². The van der Waals surface area contributed by atoms with Crippen LogP contribution >= 0.6 is 69.6 Å². The Kier molecular flexibility index (Phi) is 13.2. The van der Waals surface area contributed by atoms with Gasteiger partial charge >= 0.3 is 0 Å². The number of halogens is 6. The van der Waals surface area contributed by atoms with Crippen molar-refractivity contribution in [3.63, 3.8) is 0 Å². The maximum Gasteiger partial charge on any atom is 0.156 e. The highest BCUT2D eigenvalue weighted by molar-refractivity contribution is 6.56. The lowest BCUT2D eigenvalue weighted by Gasteiger charge is -2.12. The van der Waals surface area contributed by atoms with E-state index in [-0.39, 0.29) is 22.2 Å². The summed E-state index contributed by atoms with van der Waals surface area (Å²) in [7, 11) is 0. The van der Waals surface area contributed by atoms with Gasteiger partial charge in [0.15, 0.2) is 5.75 Å². The second kappa shape index (κ2) is 14.5. The standard InChI is InChI=1S/C17H17Cl6NO3/c18-13-10-12(25-8-4-15(20)21)11-14(19)17(13)26-7-3-1-2-6-24-27-9-5-16(22)23/h2,4-6,10-11,24H,1,3,7-9H2. The molecule has 0 aliphatic carbocycles. The van der Waals surface area contributed by atoms with Crippen LogP contribution in [0.4, 0.5) is 0 Å². The fourth-order valence-electron chi connectivity index (χ4n) is 1.67. The molecule has 0 fully saturated rings. The highest BCUT2D eigenvalue weighted by atomic mass is 35.5. The SMILES string of the molecule is ClC(Cl)=CCONC=CCCCOc1c(Cl)cc(OCC=C(Cl)Cl)cc1Cl. The van der Waals surface area contributed by atoms with E-state index in [1.165, 1.54) is 12.2 Å². The molecule has 0 amide bonds. The first-order valence-corrected chi connectivity index (χ1v) is 9.96. The maximum atomic E-state index is 6.19. The molecule has 150 valence electrons. The molecule has 0 aliphatic heterocycles. The van der Waals surface area contributed by atoms with Crippen LogP contribution in [0.5, 0.6) is 11.5 Å². The van der Waals surface area contributed by atoms with Crippen molar-refractivity contribution in [3.8, 4) is 11.5 Å². The third-order valence-corrected chi connectivity index (χ3v) is 3.99. The minimum Gasteiger partial charge on any atom is -0.490 e. The molecule has 1 rings (SSSR count). The molecule has 0 aliphatic rings. The summed E-state index contributed by atoms with van der Waals surface area (Å²) in [5.74, 6) is 0.897. The van der Waals surface area contributed by atoms with Crippen molar-refractivity contribution in [2.45, 2.75) is 12.8 Å². The van der Waals surface area contributed by atoms with Gasteiger partial charge < -0.3 is 9.47 Å². The molecule has 0 saturated carbocycles. The molecule has 0 unspecified atom stereocenters. The van der Waals surface area contributed by atoms with E-state index in [2.05, 4.69) is 5.48 Å². The molecule has 0 spiro atoms. The van der Waals surface area contributed by atoms with Gasteiger partial charge in [-0.3, -0.25) is 10.3 Å². The van der Waals surface area contributed by atoms with Crippen molar-refractivity contribution in [1.82, 2.24) is 5.48 Å². The molecule has 1 aromatic rings. The highest BCUT2D eigenvalue weighted by Crippen LogP contribution is 2.37. The van der Waals surface area contributed by atoms with Crippen LogP contribution in [0, 0.1) is 0 Å². The summed E-state index contributed by atoms with van der Waals surface area (Å²) in [6, 6.07) is 3.23. The van der Waals surface area contributed by atoms with Crippen LogP contribution in [0.1, 0.15) is 12.8 Å². The Bertz CT molecular complexity index is 648. The number of rotatable bonds is 12. The van der Waals surface area contributed by atoms with Crippen LogP contribution in [-0.2, 0) is 4.84 Å². The molecule has 1 aromatic carbocycles. The molecule has 27 heavy (non-hydrogen) atoms. The van der Waals surface area contributed by atoms with Gasteiger partial charge in [0, 0.05) is 18.3 Å².